The zero-order valence-corrected chi connectivity index (χ0v) is 12.1. The van der Waals surface area contributed by atoms with Crippen LogP contribution >= 0.6 is 0 Å². The largest absolute Gasteiger partial charge is 0.492 e. The van der Waals surface area contributed by atoms with Gasteiger partial charge in [-0.2, -0.15) is 0 Å². The Hall–Kier alpha value is -1.06. The summed E-state index contributed by atoms with van der Waals surface area (Å²) in [4.78, 5) is 0. The second-order valence-electron chi connectivity index (χ2n) is 5.85. The number of rotatable bonds is 7. The van der Waals surface area contributed by atoms with Crippen LogP contribution in [0, 0.1) is 5.92 Å². The summed E-state index contributed by atoms with van der Waals surface area (Å²) in [5.74, 6) is 1.93. The minimum absolute atomic E-state index is 0.123. The normalized spacial score (nSPS) is 18.4. The Bertz CT molecular complexity index is 409. The summed E-state index contributed by atoms with van der Waals surface area (Å²) >= 11 is 0. The van der Waals surface area contributed by atoms with Crippen LogP contribution in [0.3, 0.4) is 0 Å². The molecule has 1 aliphatic carbocycles. The maximum absolute atomic E-state index is 9.67. The molecule has 0 amide bonds. The third kappa shape index (κ3) is 3.28. The molecule has 0 radical (unpaired) electrons. The van der Waals surface area contributed by atoms with Crippen molar-refractivity contribution < 1.29 is 9.84 Å². The summed E-state index contributed by atoms with van der Waals surface area (Å²) in [6.07, 6.45) is 2.35. The summed E-state index contributed by atoms with van der Waals surface area (Å²) in [5.41, 5.74) is 0.997. The molecule has 1 unspecified atom stereocenters. The molecule has 0 heterocycles. The van der Waals surface area contributed by atoms with Crippen LogP contribution in [0.4, 0.5) is 0 Å². The molecular formula is C16H25NO2. The Kier molecular flexibility index (Phi) is 4.48. The van der Waals surface area contributed by atoms with Gasteiger partial charge in [0.25, 0.3) is 0 Å². The molecule has 2 N–H and O–H groups in total. The van der Waals surface area contributed by atoms with Crippen LogP contribution in [-0.2, 0) is 0 Å². The van der Waals surface area contributed by atoms with Crippen molar-refractivity contribution in [3.8, 4) is 5.75 Å². The highest BCUT2D eigenvalue weighted by atomic mass is 16.5. The topological polar surface area (TPSA) is 41.5 Å². The lowest BCUT2D eigenvalue weighted by molar-refractivity contribution is 0.0914. The van der Waals surface area contributed by atoms with E-state index in [-0.39, 0.29) is 12.1 Å². The highest BCUT2D eigenvalue weighted by Crippen LogP contribution is 2.39. The van der Waals surface area contributed by atoms with E-state index in [0.29, 0.717) is 18.4 Å². The quantitative estimate of drug-likeness (QED) is 0.794. The van der Waals surface area contributed by atoms with Crippen molar-refractivity contribution in [1.82, 2.24) is 5.32 Å². The number of ether oxygens (including phenoxy) is 1. The van der Waals surface area contributed by atoms with E-state index in [9.17, 15) is 5.11 Å². The van der Waals surface area contributed by atoms with Gasteiger partial charge < -0.3 is 15.2 Å². The molecule has 1 aliphatic rings. The van der Waals surface area contributed by atoms with Crippen LogP contribution in [0.1, 0.15) is 38.2 Å². The van der Waals surface area contributed by atoms with Crippen molar-refractivity contribution in [3.63, 3.8) is 0 Å². The van der Waals surface area contributed by atoms with E-state index in [1.165, 1.54) is 18.4 Å². The Morgan fingerprint density at radius 2 is 2.16 bits per heavy atom. The van der Waals surface area contributed by atoms with Crippen molar-refractivity contribution in [2.75, 3.05) is 20.3 Å². The minimum Gasteiger partial charge on any atom is -0.492 e. The number of benzene rings is 1. The average Bonchev–Trinajstić information content (AvgIpc) is 3.26. The summed E-state index contributed by atoms with van der Waals surface area (Å²) in [6, 6.07) is 8.23. The fourth-order valence-corrected chi connectivity index (χ4v) is 2.46. The zero-order valence-electron chi connectivity index (χ0n) is 12.1. The van der Waals surface area contributed by atoms with Crippen LogP contribution in [-0.4, -0.2) is 30.9 Å². The number of nitrogens with one attached hydrogen (secondary N) is 1. The molecule has 3 heteroatoms. The third-order valence-corrected chi connectivity index (χ3v) is 4.16. The number of aliphatic hydroxyl groups excluding tert-OH is 1. The maximum atomic E-state index is 9.67. The van der Waals surface area contributed by atoms with Crippen LogP contribution in [0.15, 0.2) is 24.3 Å². The highest BCUT2D eigenvalue weighted by molar-refractivity contribution is 5.30. The molecule has 2 rings (SSSR count). The molecule has 1 fully saturated rings. The van der Waals surface area contributed by atoms with Crippen molar-refractivity contribution in [3.05, 3.63) is 29.8 Å². The van der Waals surface area contributed by atoms with Crippen LogP contribution in [0.25, 0.3) is 0 Å². The van der Waals surface area contributed by atoms with E-state index < -0.39 is 0 Å². The summed E-state index contributed by atoms with van der Waals surface area (Å²) in [6.45, 7) is 4.99. The third-order valence-electron chi connectivity index (χ3n) is 4.16. The fraction of sp³-hybridized carbons (Fsp3) is 0.625. The summed E-state index contributed by atoms with van der Waals surface area (Å²) in [5, 5.41) is 12.9. The van der Waals surface area contributed by atoms with Crippen LogP contribution in [0.2, 0.25) is 0 Å². The number of hydrogen-bond donors (Lipinski definition) is 2. The molecule has 0 aromatic heterocycles. The standard InChI is InChI=1S/C16H25NO2/c1-12(2)13-5-4-6-15(9-13)19-11-16(10-18,17-3)14-7-8-14/h4-6,9,12,14,17-18H,7-8,10-11H2,1-3H3. The van der Waals surface area contributed by atoms with Gasteiger partial charge in [0.2, 0.25) is 0 Å². The molecule has 1 atom stereocenters. The Morgan fingerprint density at radius 3 is 2.68 bits per heavy atom. The Morgan fingerprint density at radius 1 is 1.42 bits per heavy atom. The van der Waals surface area contributed by atoms with Crippen molar-refractivity contribution >= 4 is 0 Å². The molecule has 1 saturated carbocycles. The van der Waals surface area contributed by atoms with Crippen LogP contribution in [0.5, 0.6) is 5.75 Å². The van der Waals surface area contributed by atoms with E-state index in [1.807, 2.05) is 19.2 Å². The first-order valence-corrected chi connectivity index (χ1v) is 7.14. The monoisotopic (exact) mass is 263 g/mol. The molecule has 1 aromatic carbocycles. The number of likely N-dealkylation sites (N-methyl/N-ethyl adjacent to an activating group) is 1. The van der Waals surface area contributed by atoms with Gasteiger partial charge in [-0.1, -0.05) is 26.0 Å². The molecule has 0 spiro atoms. The van der Waals surface area contributed by atoms with Gasteiger partial charge in [-0.25, -0.2) is 0 Å². The summed E-state index contributed by atoms with van der Waals surface area (Å²) in [7, 11) is 1.91. The zero-order chi connectivity index (χ0) is 13.9. The lowest BCUT2D eigenvalue weighted by Gasteiger charge is -2.31. The van der Waals surface area contributed by atoms with Gasteiger partial charge >= 0.3 is 0 Å². The maximum Gasteiger partial charge on any atom is 0.119 e. The molecule has 0 bridgehead atoms. The van der Waals surface area contributed by atoms with E-state index in [1.54, 1.807) is 0 Å². The molecule has 0 aliphatic heterocycles. The lowest BCUT2D eigenvalue weighted by atomic mass is 9.95. The Balaban J connectivity index is 2.02. The fourth-order valence-electron chi connectivity index (χ4n) is 2.46. The smallest absolute Gasteiger partial charge is 0.119 e. The van der Waals surface area contributed by atoms with E-state index in [2.05, 4.69) is 31.3 Å². The second kappa shape index (κ2) is 5.93. The van der Waals surface area contributed by atoms with Gasteiger partial charge in [0.05, 0.1) is 12.1 Å². The van der Waals surface area contributed by atoms with Crippen LogP contribution < -0.4 is 10.1 Å². The Labute approximate surface area is 116 Å². The second-order valence-corrected chi connectivity index (χ2v) is 5.85. The summed E-state index contributed by atoms with van der Waals surface area (Å²) < 4.78 is 5.92. The predicted molar refractivity (Wildman–Crippen MR) is 77.6 cm³/mol. The number of hydrogen-bond acceptors (Lipinski definition) is 3. The van der Waals surface area contributed by atoms with Gasteiger partial charge in [0.1, 0.15) is 12.4 Å². The predicted octanol–water partition coefficient (Wildman–Crippen LogP) is 2.55. The first kappa shape index (κ1) is 14.4. The van der Waals surface area contributed by atoms with E-state index >= 15 is 0 Å². The molecule has 1 aromatic rings. The molecule has 0 saturated heterocycles. The molecule has 106 valence electrons. The first-order chi connectivity index (χ1) is 9.11. The highest BCUT2D eigenvalue weighted by Gasteiger charge is 2.44. The molecular weight excluding hydrogens is 238 g/mol. The first-order valence-electron chi connectivity index (χ1n) is 7.14. The van der Waals surface area contributed by atoms with Gasteiger partial charge in [-0.3, -0.25) is 0 Å². The van der Waals surface area contributed by atoms with Crippen molar-refractivity contribution in [1.29, 1.82) is 0 Å². The van der Waals surface area contributed by atoms with E-state index in [4.69, 9.17) is 4.74 Å². The molecule has 3 nitrogen and oxygen atoms in total. The SMILES string of the molecule is CNC(CO)(COc1cccc(C(C)C)c1)C1CC1. The molecule has 19 heavy (non-hydrogen) atoms. The van der Waals surface area contributed by atoms with Crippen molar-refractivity contribution in [2.24, 2.45) is 5.92 Å². The van der Waals surface area contributed by atoms with Gasteiger partial charge in [0.15, 0.2) is 0 Å². The van der Waals surface area contributed by atoms with E-state index in [0.717, 1.165) is 5.75 Å². The lowest BCUT2D eigenvalue weighted by Crippen LogP contribution is -2.53. The van der Waals surface area contributed by atoms with Gasteiger partial charge in [0, 0.05) is 0 Å². The minimum atomic E-state index is -0.284. The number of aliphatic hydroxyl groups is 1. The average molecular weight is 263 g/mol. The van der Waals surface area contributed by atoms with Crippen molar-refractivity contribution in [2.45, 2.75) is 38.1 Å². The van der Waals surface area contributed by atoms with Gasteiger partial charge in [-0.05, 0) is 49.4 Å². The van der Waals surface area contributed by atoms with Gasteiger partial charge in [-0.15, -0.1) is 0 Å².